The van der Waals surface area contributed by atoms with Crippen LogP contribution in [-0.2, 0) is 44.4 Å². The number of nitrogens with one attached hydrogen (secondary N) is 6. The highest BCUT2D eigenvalue weighted by Crippen LogP contribution is 2.37. The summed E-state index contributed by atoms with van der Waals surface area (Å²) < 4.78 is 51.9. The lowest BCUT2D eigenvalue weighted by atomic mass is 9.83. The fraction of sp³-hybridized carbons (Fsp3) is 0.635. The zero-order valence-corrected chi connectivity index (χ0v) is 42.6. The monoisotopic (exact) mass is 1040 g/mol. The van der Waals surface area contributed by atoms with Crippen LogP contribution in [0.25, 0.3) is 10.9 Å². The van der Waals surface area contributed by atoms with Gasteiger partial charge in [0.15, 0.2) is 0 Å². The standard InChI is InChI=1S/C52H72F3N11O8/c1-32(2)29-59-37-12-14-43(66-21-15-41(51(66)72)63-48-38-26-35(52(53,54)55)9-13-40(38)60-31-61-48)42(27-37)64-49(70)33-7-10-36(11-8-33)62-45(68)17-24-74-25-20-57-44(67)16-23-73-22-5-19-58-50(71)39-28-46(69)65(3)47(39)34-6-4-18-56-30-34/h4,6,9,13,18,26,30-33,36-37,39,41-43,47,59H,5,7-8,10-12,14-17,19-25,27-29H2,1-3H3,(H,57,67)(H,58,71)(H,62,68)(H,64,70)(H,60,61,63)/t33?,36?,37-,39+,41+,42-,43+,47-/m1/s1. The predicted molar refractivity (Wildman–Crippen MR) is 268 cm³/mol. The SMILES string of the molecule is CC(C)CN[C@@H]1CC[C@H](N2CC[C@H](Nc3ncnc4ccc(C(F)(F)F)cc34)C2=O)[C@H](NC(=O)C2CCC(NC(=O)CCOCCNC(=O)CCOCCCNC(=O)[C@H]3CC(=O)N(C)[C@@H]3c3cccnc3)CC2)C1. The lowest BCUT2D eigenvalue weighted by Crippen LogP contribution is -2.59. The van der Waals surface area contributed by atoms with Crippen molar-refractivity contribution in [3.63, 3.8) is 0 Å². The molecule has 0 radical (unpaired) electrons. The van der Waals surface area contributed by atoms with Crippen LogP contribution in [0.5, 0.6) is 0 Å². The van der Waals surface area contributed by atoms with Gasteiger partial charge in [-0.25, -0.2) is 9.97 Å². The van der Waals surface area contributed by atoms with Crippen molar-refractivity contribution in [2.24, 2.45) is 17.8 Å². The van der Waals surface area contributed by atoms with Crippen LogP contribution in [0.15, 0.2) is 49.1 Å². The molecule has 19 nitrogen and oxygen atoms in total. The van der Waals surface area contributed by atoms with Gasteiger partial charge in [-0.05, 0) is 100 Å². The van der Waals surface area contributed by atoms with Gasteiger partial charge in [0.2, 0.25) is 35.4 Å². The molecule has 74 heavy (non-hydrogen) atoms. The topological polar surface area (TPSA) is 238 Å². The number of rotatable bonds is 24. The molecule has 4 fully saturated rings. The van der Waals surface area contributed by atoms with Gasteiger partial charge < -0.3 is 51.2 Å². The Kier molecular flexibility index (Phi) is 19.9. The van der Waals surface area contributed by atoms with Gasteiger partial charge in [0.1, 0.15) is 18.2 Å². The first-order valence-electron chi connectivity index (χ1n) is 26.1. The third-order valence-corrected chi connectivity index (χ3v) is 14.6. The maximum Gasteiger partial charge on any atom is 0.416 e. The number of likely N-dealkylation sites (tertiary alicyclic amines) is 2. The summed E-state index contributed by atoms with van der Waals surface area (Å²) in [6.45, 7) is 7.15. The summed E-state index contributed by atoms with van der Waals surface area (Å²) >= 11 is 0. The van der Waals surface area contributed by atoms with Crippen LogP contribution in [0.3, 0.4) is 0 Å². The van der Waals surface area contributed by atoms with Crippen LogP contribution >= 0.6 is 0 Å². The molecule has 4 heterocycles. The maximum atomic E-state index is 14.0. The third-order valence-electron chi connectivity index (χ3n) is 14.6. The van der Waals surface area contributed by atoms with Gasteiger partial charge in [-0.15, -0.1) is 0 Å². The van der Waals surface area contributed by atoms with Gasteiger partial charge >= 0.3 is 6.18 Å². The zero-order chi connectivity index (χ0) is 52.8. The maximum absolute atomic E-state index is 14.0. The largest absolute Gasteiger partial charge is 0.416 e. The van der Waals surface area contributed by atoms with Crippen LogP contribution < -0.4 is 31.9 Å². The minimum absolute atomic E-state index is 0.0704. The van der Waals surface area contributed by atoms with E-state index in [9.17, 15) is 41.9 Å². The van der Waals surface area contributed by atoms with E-state index in [-0.39, 0.29) is 128 Å². The lowest BCUT2D eigenvalue weighted by Gasteiger charge is -2.42. The zero-order valence-electron chi connectivity index (χ0n) is 42.6. The molecule has 22 heteroatoms. The highest BCUT2D eigenvalue weighted by molar-refractivity contribution is 5.93. The second-order valence-corrected chi connectivity index (χ2v) is 20.3. The minimum atomic E-state index is -4.55. The van der Waals surface area contributed by atoms with E-state index in [1.54, 1.807) is 30.4 Å². The Morgan fingerprint density at radius 2 is 1.59 bits per heavy atom. The number of anilines is 1. The number of hydrogen-bond donors (Lipinski definition) is 6. The van der Waals surface area contributed by atoms with Gasteiger partial charge in [-0.1, -0.05) is 19.9 Å². The average molecular weight is 1040 g/mol. The van der Waals surface area contributed by atoms with E-state index in [1.807, 2.05) is 11.0 Å². The molecule has 2 aromatic heterocycles. The molecule has 0 bridgehead atoms. The van der Waals surface area contributed by atoms with Crippen molar-refractivity contribution in [1.82, 2.24) is 51.3 Å². The second kappa shape index (κ2) is 26.5. The first-order chi connectivity index (χ1) is 35.5. The van der Waals surface area contributed by atoms with E-state index in [0.29, 0.717) is 82.5 Å². The molecule has 2 saturated carbocycles. The van der Waals surface area contributed by atoms with Crippen molar-refractivity contribution in [3.8, 4) is 0 Å². The number of halogens is 3. The van der Waals surface area contributed by atoms with Crippen LogP contribution in [0.4, 0.5) is 19.0 Å². The molecule has 2 aliphatic carbocycles. The highest BCUT2D eigenvalue weighted by Gasteiger charge is 2.44. The molecule has 6 atom stereocenters. The van der Waals surface area contributed by atoms with E-state index in [4.69, 9.17) is 9.47 Å². The molecule has 6 amide bonds. The Bertz CT molecular complexity index is 2390. The summed E-state index contributed by atoms with van der Waals surface area (Å²) in [5.41, 5.74) is 0.308. The summed E-state index contributed by atoms with van der Waals surface area (Å²) in [6, 6.07) is 5.34. The molecular formula is C52H72F3N11O8. The van der Waals surface area contributed by atoms with E-state index in [1.165, 1.54) is 12.4 Å². The molecule has 2 aliphatic heterocycles. The molecule has 3 aromatic rings. The summed E-state index contributed by atoms with van der Waals surface area (Å²) in [7, 11) is 1.69. The summed E-state index contributed by atoms with van der Waals surface area (Å²) in [5, 5.41) is 19.0. The number of hydrogen-bond acceptors (Lipinski definition) is 13. The third kappa shape index (κ3) is 15.3. The average Bonchev–Trinajstić information content (AvgIpc) is 3.89. The van der Waals surface area contributed by atoms with E-state index in [0.717, 1.165) is 30.7 Å². The number of pyridine rings is 1. The molecule has 1 aromatic carbocycles. The van der Waals surface area contributed by atoms with Crippen molar-refractivity contribution in [2.45, 2.75) is 133 Å². The van der Waals surface area contributed by atoms with Gasteiger partial charge in [-0.2, -0.15) is 13.2 Å². The predicted octanol–water partition coefficient (Wildman–Crippen LogP) is 4.04. The number of ether oxygens (including phenoxy) is 2. The Morgan fingerprint density at radius 1 is 0.838 bits per heavy atom. The van der Waals surface area contributed by atoms with Gasteiger partial charge in [0, 0.05) is 88.3 Å². The summed E-state index contributed by atoms with van der Waals surface area (Å²) in [4.78, 5) is 94.2. The number of nitrogens with zero attached hydrogens (tertiary/aromatic N) is 5. The fourth-order valence-corrected chi connectivity index (χ4v) is 10.6. The summed E-state index contributed by atoms with van der Waals surface area (Å²) in [5.74, 6) is -1.06. The molecule has 0 spiro atoms. The number of benzene rings is 1. The molecule has 0 unspecified atom stereocenters. The van der Waals surface area contributed by atoms with E-state index in [2.05, 4.69) is 60.7 Å². The molecular weight excluding hydrogens is 964 g/mol. The first-order valence-corrected chi connectivity index (χ1v) is 26.1. The molecule has 4 aliphatic rings. The van der Waals surface area contributed by atoms with Crippen molar-refractivity contribution in [1.29, 1.82) is 0 Å². The quantitative estimate of drug-likeness (QED) is 0.0696. The Morgan fingerprint density at radius 3 is 2.34 bits per heavy atom. The highest BCUT2D eigenvalue weighted by atomic mass is 19.4. The number of carbonyl (C=O) groups is 6. The van der Waals surface area contributed by atoms with Crippen LogP contribution in [0.2, 0.25) is 0 Å². The van der Waals surface area contributed by atoms with Gasteiger partial charge in [-0.3, -0.25) is 33.8 Å². The number of amides is 6. The Balaban J connectivity index is 0.756. The van der Waals surface area contributed by atoms with Crippen LogP contribution in [-0.4, -0.2) is 150 Å². The molecule has 7 rings (SSSR count). The van der Waals surface area contributed by atoms with Gasteiger partial charge in [0.25, 0.3) is 0 Å². The Labute approximate surface area is 430 Å². The second-order valence-electron chi connectivity index (χ2n) is 20.3. The van der Waals surface area contributed by atoms with E-state index >= 15 is 0 Å². The molecule has 404 valence electrons. The Hall–Kier alpha value is -6.00. The fourth-order valence-electron chi connectivity index (χ4n) is 10.6. The smallest absolute Gasteiger partial charge is 0.381 e. The van der Waals surface area contributed by atoms with Crippen molar-refractivity contribution >= 4 is 52.2 Å². The molecule has 6 N–H and O–H groups in total. The first kappa shape index (κ1) is 55.7. The van der Waals surface area contributed by atoms with E-state index < -0.39 is 23.7 Å². The van der Waals surface area contributed by atoms with Gasteiger partial charge in [0.05, 0.1) is 54.9 Å². The number of carbonyl (C=O) groups excluding carboxylic acids is 6. The van der Waals surface area contributed by atoms with Crippen molar-refractivity contribution < 1.29 is 51.4 Å². The number of alkyl halides is 3. The van der Waals surface area contributed by atoms with Crippen molar-refractivity contribution in [2.75, 3.05) is 65.0 Å². The van der Waals surface area contributed by atoms with Crippen molar-refractivity contribution in [3.05, 3.63) is 60.2 Å². The van der Waals surface area contributed by atoms with Crippen LogP contribution in [0.1, 0.15) is 108 Å². The normalized spacial score (nSPS) is 24.3. The lowest BCUT2D eigenvalue weighted by molar-refractivity contribution is -0.137. The number of aromatic nitrogens is 3. The van der Waals surface area contributed by atoms with Crippen LogP contribution in [0, 0.1) is 17.8 Å². The minimum Gasteiger partial charge on any atom is -0.381 e. The number of fused-ring (bicyclic) bond motifs is 1. The summed E-state index contributed by atoms with van der Waals surface area (Å²) in [6.07, 6.45) is 6.04. The molecule has 2 saturated heterocycles.